The third-order valence-corrected chi connectivity index (χ3v) is 3.99. The molecule has 0 saturated heterocycles. The summed E-state index contributed by atoms with van der Waals surface area (Å²) in [6, 6.07) is 17.7. The van der Waals surface area contributed by atoms with Crippen molar-refractivity contribution in [1.82, 2.24) is 15.0 Å². The third-order valence-electron chi connectivity index (χ3n) is 3.99. The summed E-state index contributed by atoms with van der Waals surface area (Å²) in [6.45, 7) is 0. The summed E-state index contributed by atoms with van der Waals surface area (Å²) >= 11 is 0. The van der Waals surface area contributed by atoms with E-state index < -0.39 is 0 Å². The monoisotopic (exact) mass is 297 g/mol. The van der Waals surface area contributed by atoms with Crippen molar-refractivity contribution in [3.05, 3.63) is 67.0 Å². The van der Waals surface area contributed by atoms with Crippen molar-refractivity contribution in [2.45, 2.75) is 0 Å². The second-order valence-corrected chi connectivity index (χ2v) is 5.37. The Hall–Kier alpha value is -3.27. The van der Waals surface area contributed by atoms with Gasteiger partial charge in [0, 0.05) is 17.8 Å². The molecule has 0 aliphatic heterocycles. The van der Waals surface area contributed by atoms with Crippen molar-refractivity contribution in [2.75, 3.05) is 0 Å². The van der Waals surface area contributed by atoms with E-state index in [-0.39, 0.29) is 0 Å². The van der Waals surface area contributed by atoms with Gasteiger partial charge in [0.25, 0.3) is 0 Å². The molecule has 4 nitrogen and oxygen atoms in total. The number of hydrogen-bond acceptors (Lipinski definition) is 4. The molecule has 4 heterocycles. The van der Waals surface area contributed by atoms with Crippen molar-refractivity contribution in [1.29, 1.82) is 0 Å². The summed E-state index contributed by atoms with van der Waals surface area (Å²) < 4.78 is 5.92. The fourth-order valence-electron chi connectivity index (χ4n) is 2.95. The van der Waals surface area contributed by atoms with Crippen molar-refractivity contribution in [2.24, 2.45) is 0 Å². The van der Waals surface area contributed by atoms with E-state index in [9.17, 15) is 0 Å². The zero-order valence-electron chi connectivity index (χ0n) is 12.1. The number of nitrogens with zero attached hydrogens (tertiary/aromatic N) is 3. The Morgan fingerprint density at radius 3 is 2.65 bits per heavy atom. The van der Waals surface area contributed by atoms with Crippen molar-refractivity contribution < 1.29 is 4.42 Å². The van der Waals surface area contributed by atoms with E-state index in [1.165, 1.54) is 0 Å². The van der Waals surface area contributed by atoms with Gasteiger partial charge in [-0.25, -0.2) is 4.98 Å². The maximum absolute atomic E-state index is 5.92. The molecule has 0 bridgehead atoms. The van der Waals surface area contributed by atoms with Crippen LogP contribution in [0.5, 0.6) is 0 Å². The van der Waals surface area contributed by atoms with Gasteiger partial charge in [-0.2, -0.15) is 0 Å². The second kappa shape index (κ2) is 4.61. The average molecular weight is 297 g/mol. The van der Waals surface area contributed by atoms with E-state index in [1.807, 2.05) is 48.5 Å². The zero-order valence-corrected chi connectivity index (χ0v) is 12.1. The number of furan rings is 1. The number of para-hydroxylation sites is 1. The highest BCUT2D eigenvalue weighted by atomic mass is 16.3. The van der Waals surface area contributed by atoms with Crippen LogP contribution in [0.2, 0.25) is 0 Å². The number of hydrogen-bond donors (Lipinski definition) is 0. The van der Waals surface area contributed by atoms with Gasteiger partial charge < -0.3 is 4.42 Å². The van der Waals surface area contributed by atoms with E-state index in [1.54, 1.807) is 12.4 Å². The minimum atomic E-state index is 0.822. The first-order valence-electron chi connectivity index (χ1n) is 7.38. The SMILES string of the molecule is c1cnc2ccc(-c3nccc4oc5ccccc5c34)nc2c1. The minimum Gasteiger partial charge on any atom is -0.456 e. The molecule has 4 heteroatoms. The molecule has 0 radical (unpaired) electrons. The van der Waals surface area contributed by atoms with E-state index >= 15 is 0 Å². The lowest BCUT2D eigenvalue weighted by Crippen LogP contribution is -1.90. The van der Waals surface area contributed by atoms with Gasteiger partial charge in [0.1, 0.15) is 16.9 Å². The Kier molecular flexibility index (Phi) is 2.46. The molecular weight excluding hydrogens is 286 g/mol. The lowest BCUT2D eigenvalue weighted by Gasteiger charge is -2.03. The fourth-order valence-corrected chi connectivity index (χ4v) is 2.95. The average Bonchev–Trinajstić information content (AvgIpc) is 3.00. The number of pyridine rings is 3. The first-order chi connectivity index (χ1) is 11.4. The van der Waals surface area contributed by atoms with Crippen LogP contribution in [0.1, 0.15) is 0 Å². The summed E-state index contributed by atoms with van der Waals surface area (Å²) in [6.07, 6.45) is 3.53. The normalized spacial score (nSPS) is 11.5. The molecule has 0 amide bonds. The summed E-state index contributed by atoms with van der Waals surface area (Å²) in [4.78, 5) is 13.6. The van der Waals surface area contributed by atoms with Crippen LogP contribution in [-0.2, 0) is 0 Å². The maximum Gasteiger partial charge on any atom is 0.139 e. The van der Waals surface area contributed by atoms with Crippen LogP contribution >= 0.6 is 0 Å². The molecular formula is C19H11N3O. The molecule has 4 aromatic heterocycles. The highest BCUT2D eigenvalue weighted by Crippen LogP contribution is 2.34. The molecule has 0 N–H and O–H groups in total. The molecule has 0 fully saturated rings. The Morgan fingerprint density at radius 2 is 1.65 bits per heavy atom. The van der Waals surface area contributed by atoms with Gasteiger partial charge in [0.15, 0.2) is 0 Å². The Labute approximate surface area is 131 Å². The van der Waals surface area contributed by atoms with Gasteiger partial charge in [-0.3, -0.25) is 9.97 Å². The molecule has 0 aliphatic carbocycles. The van der Waals surface area contributed by atoms with Crippen LogP contribution in [0, 0.1) is 0 Å². The summed E-state index contributed by atoms with van der Waals surface area (Å²) in [7, 11) is 0. The highest BCUT2D eigenvalue weighted by molar-refractivity contribution is 6.11. The molecule has 5 aromatic rings. The van der Waals surface area contributed by atoms with Gasteiger partial charge in [0.05, 0.1) is 22.1 Å². The molecule has 5 rings (SSSR count). The molecule has 0 unspecified atom stereocenters. The van der Waals surface area contributed by atoms with Gasteiger partial charge in [-0.15, -0.1) is 0 Å². The molecule has 0 aliphatic rings. The van der Waals surface area contributed by atoms with Gasteiger partial charge in [-0.1, -0.05) is 18.2 Å². The first kappa shape index (κ1) is 12.3. The van der Waals surface area contributed by atoms with Crippen molar-refractivity contribution in [3.8, 4) is 11.4 Å². The number of aromatic nitrogens is 3. The lowest BCUT2D eigenvalue weighted by molar-refractivity contribution is 0.668. The largest absolute Gasteiger partial charge is 0.456 e. The number of fused-ring (bicyclic) bond motifs is 4. The fraction of sp³-hybridized carbons (Fsp3) is 0. The van der Waals surface area contributed by atoms with Gasteiger partial charge >= 0.3 is 0 Å². The minimum absolute atomic E-state index is 0.822. The Balaban J connectivity index is 1.87. The standard InChI is InChI=1S/C19H11N3O/c1-2-6-16-12(4-1)18-17(23-16)9-11-21-19(18)15-8-7-13-14(22-15)5-3-10-20-13/h1-11H. The first-order valence-corrected chi connectivity index (χ1v) is 7.38. The number of benzene rings is 1. The maximum atomic E-state index is 5.92. The summed E-state index contributed by atoms with van der Waals surface area (Å²) in [5, 5.41) is 2.05. The lowest BCUT2D eigenvalue weighted by atomic mass is 10.1. The quantitative estimate of drug-likeness (QED) is 0.454. The summed E-state index contributed by atoms with van der Waals surface area (Å²) in [5.74, 6) is 0. The van der Waals surface area contributed by atoms with Crippen LogP contribution < -0.4 is 0 Å². The zero-order chi connectivity index (χ0) is 15.2. The van der Waals surface area contributed by atoms with Crippen molar-refractivity contribution in [3.63, 3.8) is 0 Å². The van der Waals surface area contributed by atoms with Crippen LogP contribution in [-0.4, -0.2) is 15.0 Å². The Morgan fingerprint density at radius 1 is 0.696 bits per heavy atom. The molecule has 0 saturated carbocycles. The molecule has 0 atom stereocenters. The third kappa shape index (κ3) is 1.82. The molecule has 108 valence electrons. The smallest absolute Gasteiger partial charge is 0.139 e. The van der Waals surface area contributed by atoms with Gasteiger partial charge in [-0.05, 0) is 36.4 Å². The van der Waals surface area contributed by atoms with E-state index in [0.29, 0.717) is 0 Å². The van der Waals surface area contributed by atoms with E-state index in [4.69, 9.17) is 9.40 Å². The predicted molar refractivity (Wildman–Crippen MR) is 90.0 cm³/mol. The van der Waals surface area contributed by atoms with Crippen LogP contribution in [0.15, 0.2) is 71.4 Å². The molecule has 23 heavy (non-hydrogen) atoms. The number of rotatable bonds is 1. The van der Waals surface area contributed by atoms with Crippen LogP contribution in [0.4, 0.5) is 0 Å². The predicted octanol–water partition coefficient (Wildman–Crippen LogP) is 4.59. The Bertz CT molecular complexity index is 1180. The molecule has 1 aromatic carbocycles. The summed E-state index contributed by atoms with van der Waals surface area (Å²) in [5.41, 5.74) is 5.07. The van der Waals surface area contributed by atoms with E-state index in [2.05, 4.69) is 16.0 Å². The second-order valence-electron chi connectivity index (χ2n) is 5.37. The van der Waals surface area contributed by atoms with Crippen LogP contribution in [0.3, 0.4) is 0 Å². The molecule has 0 spiro atoms. The highest BCUT2D eigenvalue weighted by Gasteiger charge is 2.14. The van der Waals surface area contributed by atoms with Gasteiger partial charge in [0.2, 0.25) is 0 Å². The van der Waals surface area contributed by atoms with Crippen LogP contribution in [0.25, 0.3) is 44.4 Å². The van der Waals surface area contributed by atoms with Crippen molar-refractivity contribution >= 4 is 33.0 Å². The van der Waals surface area contributed by atoms with E-state index in [0.717, 1.165) is 44.4 Å². The topological polar surface area (TPSA) is 51.8 Å².